The van der Waals surface area contributed by atoms with Gasteiger partial charge in [-0.15, -0.1) is 0 Å². The van der Waals surface area contributed by atoms with Crippen LogP contribution < -0.4 is 19.5 Å². The van der Waals surface area contributed by atoms with Crippen molar-refractivity contribution < 1.29 is 19.0 Å². The number of carbonyl (C=O) groups is 1. The van der Waals surface area contributed by atoms with E-state index >= 15 is 0 Å². The van der Waals surface area contributed by atoms with Crippen molar-refractivity contribution in [2.75, 3.05) is 19.5 Å². The predicted molar refractivity (Wildman–Crippen MR) is 119 cm³/mol. The minimum atomic E-state index is -0.533. The molecular formula is C25H22N2O4. The van der Waals surface area contributed by atoms with Crippen LogP contribution in [0.5, 0.6) is 17.2 Å². The van der Waals surface area contributed by atoms with Gasteiger partial charge in [0.25, 0.3) is 5.91 Å². The normalized spacial score (nSPS) is 10.7. The van der Waals surface area contributed by atoms with Gasteiger partial charge in [-0.25, -0.2) is 0 Å². The molecule has 3 rings (SSSR count). The highest BCUT2D eigenvalue weighted by molar-refractivity contribution is 6.10. The smallest absolute Gasteiger partial charge is 0.266 e. The van der Waals surface area contributed by atoms with Crippen LogP contribution >= 0.6 is 0 Å². The van der Waals surface area contributed by atoms with E-state index in [1.807, 2.05) is 36.4 Å². The number of rotatable bonds is 8. The van der Waals surface area contributed by atoms with E-state index in [9.17, 15) is 10.1 Å². The molecule has 0 bridgehead atoms. The highest BCUT2D eigenvalue weighted by Crippen LogP contribution is 2.30. The van der Waals surface area contributed by atoms with E-state index in [4.69, 9.17) is 14.2 Å². The lowest BCUT2D eigenvalue weighted by molar-refractivity contribution is -0.112. The van der Waals surface area contributed by atoms with E-state index in [1.54, 1.807) is 49.6 Å². The van der Waals surface area contributed by atoms with Crippen molar-refractivity contribution >= 4 is 17.7 Å². The fourth-order valence-corrected chi connectivity index (χ4v) is 2.88. The summed E-state index contributed by atoms with van der Waals surface area (Å²) in [5.41, 5.74) is 2.08. The number of ether oxygens (including phenoxy) is 3. The lowest BCUT2D eigenvalue weighted by Gasteiger charge is -2.12. The second-order valence-electron chi connectivity index (χ2n) is 6.51. The van der Waals surface area contributed by atoms with Gasteiger partial charge in [-0.2, -0.15) is 5.26 Å². The molecule has 0 saturated heterocycles. The number of amides is 1. The van der Waals surface area contributed by atoms with E-state index in [-0.39, 0.29) is 5.57 Å². The van der Waals surface area contributed by atoms with Gasteiger partial charge in [-0.1, -0.05) is 48.5 Å². The molecular weight excluding hydrogens is 392 g/mol. The maximum Gasteiger partial charge on any atom is 0.266 e. The number of hydrogen-bond acceptors (Lipinski definition) is 5. The molecule has 1 N–H and O–H groups in total. The number of nitriles is 1. The highest BCUT2D eigenvalue weighted by atomic mass is 16.5. The SMILES string of the molecule is COc1ccccc1NC(=O)/C(C#N)=C/c1ccc(OC)c(OCc2ccccc2)c1. The first kappa shape index (κ1) is 21.5. The van der Waals surface area contributed by atoms with Crippen LogP contribution in [0.15, 0.2) is 78.4 Å². The summed E-state index contributed by atoms with van der Waals surface area (Å²) in [5.74, 6) is 1.05. The summed E-state index contributed by atoms with van der Waals surface area (Å²) in [6, 6.07) is 23.9. The Bertz CT molecular complexity index is 1120. The number of nitrogens with one attached hydrogen (secondary N) is 1. The molecule has 0 heterocycles. The van der Waals surface area contributed by atoms with Crippen molar-refractivity contribution in [2.45, 2.75) is 6.61 Å². The molecule has 156 valence electrons. The average molecular weight is 414 g/mol. The third-order valence-corrected chi connectivity index (χ3v) is 4.46. The number of anilines is 1. The number of carbonyl (C=O) groups excluding carboxylic acids is 1. The summed E-state index contributed by atoms with van der Waals surface area (Å²) < 4.78 is 16.5. The molecule has 0 atom stereocenters. The van der Waals surface area contributed by atoms with Crippen LogP contribution in [-0.4, -0.2) is 20.1 Å². The molecule has 0 aliphatic rings. The van der Waals surface area contributed by atoms with E-state index in [0.717, 1.165) is 5.56 Å². The van der Waals surface area contributed by atoms with Gasteiger partial charge >= 0.3 is 0 Å². The van der Waals surface area contributed by atoms with Gasteiger partial charge in [0.05, 0.1) is 19.9 Å². The Balaban J connectivity index is 1.81. The third-order valence-electron chi connectivity index (χ3n) is 4.46. The number of methoxy groups -OCH3 is 2. The first-order valence-electron chi connectivity index (χ1n) is 9.55. The van der Waals surface area contributed by atoms with Crippen LogP contribution in [0, 0.1) is 11.3 Å². The van der Waals surface area contributed by atoms with Crippen LogP contribution in [0.4, 0.5) is 5.69 Å². The summed E-state index contributed by atoms with van der Waals surface area (Å²) in [7, 11) is 3.07. The third kappa shape index (κ3) is 5.64. The molecule has 0 spiro atoms. The molecule has 1 amide bonds. The molecule has 0 aliphatic carbocycles. The fraction of sp³-hybridized carbons (Fsp3) is 0.120. The molecule has 0 unspecified atom stereocenters. The Morgan fingerprint density at radius 2 is 1.65 bits per heavy atom. The lowest BCUT2D eigenvalue weighted by Crippen LogP contribution is -2.14. The van der Waals surface area contributed by atoms with E-state index < -0.39 is 5.91 Å². The first-order chi connectivity index (χ1) is 15.1. The summed E-state index contributed by atoms with van der Waals surface area (Å²) in [6.45, 7) is 0.365. The van der Waals surface area contributed by atoms with E-state index in [0.29, 0.717) is 35.1 Å². The van der Waals surface area contributed by atoms with Crippen molar-refractivity contribution in [3.8, 4) is 23.3 Å². The van der Waals surface area contributed by atoms with Gasteiger partial charge in [0.2, 0.25) is 0 Å². The summed E-state index contributed by atoms with van der Waals surface area (Å²) in [4.78, 5) is 12.6. The monoisotopic (exact) mass is 414 g/mol. The molecule has 31 heavy (non-hydrogen) atoms. The summed E-state index contributed by atoms with van der Waals surface area (Å²) in [6.07, 6.45) is 1.50. The van der Waals surface area contributed by atoms with Crippen molar-refractivity contribution in [1.82, 2.24) is 0 Å². The molecule has 0 aromatic heterocycles. The second-order valence-corrected chi connectivity index (χ2v) is 6.51. The largest absolute Gasteiger partial charge is 0.495 e. The Hall–Kier alpha value is -4.24. The van der Waals surface area contributed by atoms with E-state index in [1.165, 1.54) is 13.2 Å². The number of para-hydroxylation sites is 2. The molecule has 0 fully saturated rings. The van der Waals surface area contributed by atoms with Gasteiger partial charge < -0.3 is 19.5 Å². The lowest BCUT2D eigenvalue weighted by atomic mass is 10.1. The maximum atomic E-state index is 12.6. The quantitative estimate of drug-likeness (QED) is 0.422. The van der Waals surface area contributed by atoms with Crippen LogP contribution in [0.25, 0.3) is 6.08 Å². The number of hydrogen-bond donors (Lipinski definition) is 1. The average Bonchev–Trinajstić information content (AvgIpc) is 2.82. The Morgan fingerprint density at radius 3 is 2.35 bits per heavy atom. The molecule has 6 nitrogen and oxygen atoms in total. The first-order valence-corrected chi connectivity index (χ1v) is 9.55. The highest BCUT2D eigenvalue weighted by Gasteiger charge is 2.13. The van der Waals surface area contributed by atoms with Crippen molar-refractivity contribution in [3.63, 3.8) is 0 Å². The minimum Gasteiger partial charge on any atom is -0.495 e. The van der Waals surface area contributed by atoms with E-state index in [2.05, 4.69) is 5.32 Å². The van der Waals surface area contributed by atoms with Crippen LogP contribution in [0.3, 0.4) is 0 Å². The topological polar surface area (TPSA) is 80.6 Å². The Labute approximate surface area is 181 Å². The zero-order valence-electron chi connectivity index (χ0n) is 17.3. The maximum absolute atomic E-state index is 12.6. The molecule has 0 aliphatic heterocycles. The minimum absolute atomic E-state index is 0.0508. The number of benzene rings is 3. The molecule has 0 saturated carbocycles. The molecule has 3 aromatic carbocycles. The van der Waals surface area contributed by atoms with Crippen molar-refractivity contribution in [3.05, 3.63) is 89.5 Å². The standard InChI is InChI=1S/C25H22N2O4/c1-29-22-11-7-6-10-21(22)27-25(28)20(16-26)14-19-12-13-23(30-2)24(15-19)31-17-18-8-4-3-5-9-18/h3-15H,17H2,1-2H3,(H,27,28)/b20-14+. The van der Waals surface area contributed by atoms with Crippen LogP contribution in [0.1, 0.15) is 11.1 Å². The zero-order valence-corrected chi connectivity index (χ0v) is 17.3. The molecule has 3 aromatic rings. The van der Waals surface area contributed by atoms with Gasteiger partial charge in [-0.05, 0) is 41.5 Å². The Kier molecular flexibility index (Phi) is 7.28. The second kappa shape index (κ2) is 10.5. The summed E-state index contributed by atoms with van der Waals surface area (Å²) in [5, 5.41) is 12.2. The van der Waals surface area contributed by atoms with Crippen LogP contribution in [0.2, 0.25) is 0 Å². The van der Waals surface area contributed by atoms with Gasteiger partial charge in [0.1, 0.15) is 24.0 Å². The van der Waals surface area contributed by atoms with Crippen molar-refractivity contribution in [1.29, 1.82) is 5.26 Å². The van der Waals surface area contributed by atoms with Gasteiger partial charge in [0, 0.05) is 0 Å². The Morgan fingerprint density at radius 1 is 0.935 bits per heavy atom. The number of nitrogens with zero attached hydrogens (tertiary/aromatic N) is 1. The zero-order chi connectivity index (χ0) is 22.1. The molecule has 0 radical (unpaired) electrons. The fourth-order valence-electron chi connectivity index (χ4n) is 2.88. The summed E-state index contributed by atoms with van der Waals surface area (Å²) >= 11 is 0. The molecule has 6 heteroatoms. The predicted octanol–water partition coefficient (Wildman–Crippen LogP) is 4.83. The van der Waals surface area contributed by atoms with Gasteiger partial charge in [-0.3, -0.25) is 4.79 Å². The van der Waals surface area contributed by atoms with Crippen molar-refractivity contribution in [2.24, 2.45) is 0 Å². The van der Waals surface area contributed by atoms with Gasteiger partial charge in [0.15, 0.2) is 11.5 Å². The van der Waals surface area contributed by atoms with Crippen LogP contribution in [-0.2, 0) is 11.4 Å².